The van der Waals surface area contributed by atoms with Gasteiger partial charge in [0.05, 0.1) is 12.2 Å². The second kappa shape index (κ2) is 9.73. The molecule has 2 amide bonds. The Morgan fingerprint density at radius 2 is 1.88 bits per heavy atom. The van der Waals surface area contributed by atoms with Gasteiger partial charge in [-0.25, -0.2) is 4.39 Å². The van der Waals surface area contributed by atoms with Crippen LogP contribution in [-0.2, 0) is 22.6 Å². The molecule has 6 nitrogen and oxygen atoms in total. The Morgan fingerprint density at radius 3 is 2.61 bits per heavy atom. The molecule has 1 aliphatic rings. The molecule has 1 heterocycles. The van der Waals surface area contributed by atoms with Crippen LogP contribution in [0.2, 0.25) is 0 Å². The van der Waals surface area contributed by atoms with Crippen molar-refractivity contribution in [2.75, 3.05) is 16.8 Å². The Balaban J connectivity index is 1.48. The van der Waals surface area contributed by atoms with E-state index in [1.54, 1.807) is 43.3 Å². The quantitative estimate of drug-likeness (QED) is 0.568. The average Bonchev–Trinajstić information content (AvgIpc) is 2.82. The molecule has 3 aromatic carbocycles. The van der Waals surface area contributed by atoms with E-state index in [0.29, 0.717) is 28.4 Å². The molecule has 0 radical (unpaired) electrons. The number of hydrogen-bond donors (Lipinski definition) is 1. The monoisotopic (exact) mass is 448 g/mol. The van der Waals surface area contributed by atoms with Gasteiger partial charge in [-0.3, -0.25) is 9.59 Å². The standard InChI is InChI=1S/C26H25FN2O4/c1-3-18-8-11-21(12-9-18)32-16-25(30)28-20-10-13-24-23(14-20)29(26(31)17(2)33-24)15-19-6-4-5-7-22(19)27/h4-14,17H,3,15-16H2,1-2H3,(H,28,30). The fourth-order valence-corrected chi connectivity index (χ4v) is 3.61. The summed E-state index contributed by atoms with van der Waals surface area (Å²) in [7, 11) is 0. The van der Waals surface area contributed by atoms with E-state index >= 15 is 0 Å². The van der Waals surface area contributed by atoms with Gasteiger partial charge in [0.25, 0.3) is 11.8 Å². The zero-order valence-corrected chi connectivity index (χ0v) is 18.5. The van der Waals surface area contributed by atoms with E-state index in [-0.39, 0.29) is 30.8 Å². The van der Waals surface area contributed by atoms with E-state index in [1.165, 1.54) is 16.5 Å². The average molecular weight is 448 g/mol. The Kier molecular flexibility index (Phi) is 6.58. The second-order valence-corrected chi connectivity index (χ2v) is 7.79. The zero-order chi connectivity index (χ0) is 23.4. The Hall–Kier alpha value is -3.87. The normalized spacial score (nSPS) is 14.9. The Bertz CT molecular complexity index is 1160. The minimum atomic E-state index is -0.697. The molecule has 170 valence electrons. The van der Waals surface area contributed by atoms with Gasteiger partial charge in [0, 0.05) is 11.3 Å². The smallest absolute Gasteiger partial charge is 0.268 e. The maximum atomic E-state index is 14.2. The van der Waals surface area contributed by atoms with Gasteiger partial charge in [-0.05, 0) is 55.3 Å². The second-order valence-electron chi connectivity index (χ2n) is 7.79. The van der Waals surface area contributed by atoms with Crippen molar-refractivity contribution < 1.29 is 23.5 Å². The summed E-state index contributed by atoms with van der Waals surface area (Å²) in [5.74, 6) is 0.0831. The predicted octanol–water partition coefficient (Wildman–Crippen LogP) is 4.72. The van der Waals surface area contributed by atoms with E-state index in [1.807, 2.05) is 24.3 Å². The van der Waals surface area contributed by atoms with Crippen molar-refractivity contribution in [3.8, 4) is 11.5 Å². The fraction of sp³-hybridized carbons (Fsp3) is 0.231. The first-order valence-corrected chi connectivity index (χ1v) is 10.8. The van der Waals surface area contributed by atoms with Crippen molar-refractivity contribution in [2.45, 2.75) is 32.9 Å². The third-order valence-corrected chi connectivity index (χ3v) is 5.44. The first kappa shape index (κ1) is 22.3. The molecule has 0 bridgehead atoms. The number of halogens is 1. The highest BCUT2D eigenvalue weighted by Gasteiger charge is 2.32. The number of amides is 2. The highest BCUT2D eigenvalue weighted by atomic mass is 19.1. The molecule has 1 aliphatic heterocycles. The van der Waals surface area contributed by atoms with Gasteiger partial charge in [-0.1, -0.05) is 37.3 Å². The van der Waals surface area contributed by atoms with Crippen molar-refractivity contribution in [1.29, 1.82) is 0 Å². The van der Waals surface area contributed by atoms with Crippen LogP contribution >= 0.6 is 0 Å². The van der Waals surface area contributed by atoms with Gasteiger partial charge >= 0.3 is 0 Å². The van der Waals surface area contributed by atoms with Gasteiger partial charge in [0.15, 0.2) is 12.7 Å². The predicted molar refractivity (Wildman–Crippen MR) is 124 cm³/mol. The number of carbonyl (C=O) groups excluding carboxylic acids is 2. The Labute approximate surface area is 191 Å². The van der Waals surface area contributed by atoms with E-state index in [4.69, 9.17) is 9.47 Å². The zero-order valence-electron chi connectivity index (χ0n) is 18.5. The van der Waals surface area contributed by atoms with Gasteiger partial charge < -0.3 is 19.7 Å². The minimum Gasteiger partial charge on any atom is -0.484 e. The van der Waals surface area contributed by atoms with Gasteiger partial charge in [0.1, 0.15) is 17.3 Å². The van der Waals surface area contributed by atoms with Gasteiger partial charge in [0.2, 0.25) is 0 Å². The van der Waals surface area contributed by atoms with Crippen molar-refractivity contribution >= 4 is 23.2 Å². The number of carbonyl (C=O) groups is 2. The fourth-order valence-electron chi connectivity index (χ4n) is 3.61. The summed E-state index contributed by atoms with van der Waals surface area (Å²) in [4.78, 5) is 26.7. The van der Waals surface area contributed by atoms with E-state index < -0.39 is 6.10 Å². The maximum Gasteiger partial charge on any atom is 0.268 e. The number of anilines is 2. The number of fused-ring (bicyclic) bond motifs is 1. The first-order valence-electron chi connectivity index (χ1n) is 10.8. The molecule has 0 fully saturated rings. The third-order valence-electron chi connectivity index (χ3n) is 5.44. The molecule has 3 aromatic rings. The van der Waals surface area contributed by atoms with Crippen LogP contribution in [0.3, 0.4) is 0 Å². The molecular weight excluding hydrogens is 423 g/mol. The number of hydrogen-bond acceptors (Lipinski definition) is 4. The summed E-state index contributed by atoms with van der Waals surface area (Å²) in [5.41, 5.74) is 2.53. The number of nitrogens with one attached hydrogen (secondary N) is 1. The van der Waals surface area contributed by atoms with Crippen LogP contribution in [0.1, 0.15) is 25.0 Å². The largest absolute Gasteiger partial charge is 0.484 e. The molecule has 1 atom stereocenters. The summed E-state index contributed by atoms with van der Waals surface area (Å²) in [6.45, 7) is 3.62. The summed E-state index contributed by atoms with van der Waals surface area (Å²) in [6, 6.07) is 18.9. The van der Waals surface area contributed by atoms with Gasteiger partial charge in [-0.2, -0.15) is 0 Å². The van der Waals surface area contributed by atoms with E-state index in [2.05, 4.69) is 12.2 Å². The van der Waals surface area contributed by atoms with Crippen LogP contribution in [0.25, 0.3) is 0 Å². The molecule has 0 saturated heterocycles. The van der Waals surface area contributed by atoms with Crippen LogP contribution in [-0.4, -0.2) is 24.5 Å². The molecule has 33 heavy (non-hydrogen) atoms. The maximum absolute atomic E-state index is 14.2. The summed E-state index contributed by atoms with van der Waals surface area (Å²) in [5, 5.41) is 2.78. The van der Waals surface area contributed by atoms with E-state index in [9.17, 15) is 14.0 Å². The summed E-state index contributed by atoms with van der Waals surface area (Å²) >= 11 is 0. The molecule has 1 unspecified atom stereocenters. The topological polar surface area (TPSA) is 67.9 Å². The molecular formula is C26H25FN2O4. The van der Waals surface area contributed by atoms with Gasteiger partial charge in [-0.15, -0.1) is 0 Å². The lowest BCUT2D eigenvalue weighted by Crippen LogP contribution is -2.44. The summed E-state index contributed by atoms with van der Waals surface area (Å²) in [6.07, 6.45) is 0.232. The molecule has 1 N–H and O–H groups in total. The third kappa shape index (κ3) is 5.14. The molecule has 7 heteroatoms. The number of ether oxygens (including phenoxy) is 2. The van der Waals surface area contributed by atoms with Crippen LogP contribution < -0.4 is 19.7 Å². The van der Waals surface area contributed by atoms with Crippen molar-refractivity contribution in [3.05, 3.63) is 83.7 Å². The number of rotatable bonds is 7. The van der Waals surface area contributed by atoms with E-state index in [0.717, 1.165) is 6.42 Å². The first-order chi connectivity index (χ1) is 15.9. The number of aryl methyl sites for hydroxylation is 1. The lowest BCUT2D eigenvalue weighted by Gasteiger charge is -2.33. The molecule has 0 saturated carbocycles. The summed E-state index contributed by atoms with van der Waals surface area (Å²) < 4.78 is 25.5. The van der Waals surface area contributed by atoms with Crippen molar-refractivity contribution in [3.63, 3.8) is 0 Å². The number of benzene rings is 3. The molecule has 0 aromatic heterocycles. The molecule has 0 spiro atoms. The van der Waals surface area contributed by atoms with Crippen LogP contribution in [0, 0.1) is 5.82 Å². The lowest BCUT2D eigenvalue weighted by atomic mass is 10.1. The SMILES string of the molecule is CCc1ccc(OCC(=O)Nc2ccc3c(c2)N(Cc2ccccc2F)C(=O)C(C)O3)cc1. The minimum absolute atomic E-state index is 0.0560. The van der Waals surface area contributed by atoms with Crippen LogP contribution in [0.4, 0.5) is 15.8 Å². The molecule has 0 aliphatic carbocycles. The van der Waals surface area contributed by atoms with Crippen LogP contribution in [0.5, 0.6) is 11.5 Å². The van der Waals surface area contributed by atoms with Crippen molar-refractivity contribution in [1.82, 2.24) is 0 Å². The highest BCUT2D eigenvalue weighted by molar-refractivity contribution is 6.01. The van der Waals surface area contributed by atoms with Crippen molar-refractivity contribution in [2.24, 2.45) is 0 Å². The van der Waals surface area contributed by atoms with Crippen LogP contribution in [0.15, 0.2) is 66.7 Å². The number of nitrogens with zero attached hydrogens (tertiary/aromatic N) is 1. The Morgan fingerprint density at radius 1 is 1.12 bits per heavy atom. The lowest BCUT2D eigenvalue weighted by molar-refractivity contribution is -0.125. The highest BCUT2D eigenvalue weighted by Crippen LogP contribution is 2.37. The molecule has 4 rings (SSSR count).